The molecule has 0 unspecified atom stereocenters. The van der Waals surface area contributed by atoms with Crippen molar-refractivity contribution in [1.29, 1.82) is 0 Å². The van der Waals surface area contributed by atoms with Crippen LogP contribution in [0, 0.1) is 5.82 Å². The number of carbonyl (C=O) groups excluding carboxylic acids is 1. The van der Waals surface area contributed by atoms with Gasteiger partial charge in [0.2, 0.25) is 0 Å². The SMILES string of the molecule is CC[NH+](CC)Cc1ccc(CNC(=O)c2ccc(Cl)cc2F)cc1. The number of carbonyl (C=O) groups is 1. The summed E-state index contributed by atoms with van der Waals surface area (Å²) in [6.07, 6.45) is 0. The van der Waals surface area contributed by atoms with Gasteiger partial charge in [0, 0.05) is 17.1 Å². The number of benzene rings is 2. The molecule has 0 aliphatic carbocycles. The molecule has 2 N–H and O–H groups in total. The summed E-state index contributed by atoms with van der Waals surface area (Å²) in [6.45, 7) is 7.91. The van der Waals surface area contributed by atoms with Gasteiger partial charge in [-0.1, -0.05) is 35.9 Å². The van der Waals surface area contributed by atoms with Crippen LogP contribution in [0.1, 0.15) is 35.3 Å². The molecular weight excluding hydrogens is 327 g/mol. The van der Waals surface area contributed by atoms with Crippen molar-refractivity contribution in [3.8, 4) is 0 Å². The maximum absolute atomic E-state index is 13.7. The summed E-state index contributed by atoms with van der Waals surface area (Å²) in [5, 5.41) is 3.00. The Hall–Kier alpha value is -1.91. The molecular formula is C19H23ClFN2O+. The number of rotatable bonds is 7. The van der Waals surface area contributed by atoms with Gasteiger partial charge >= 0.3 is 0 Å². The Morgan fingerprint density at radius 3 is 2.29 bits per heavy atom. The minimum absolute atomic E-state index is 0.00107. The normalized spacial score (nSPS) is 10.9. The van der Waals surface area contributed by atoms with Crippen molar-refractivity contribution in [2.45, 2.75) is 26.9 Å². The summed E-state index contributed by atoms with van der Waals surface area (Å²) in [5.41, 5.74) is 2.25. The molecule has 1 amide bonds. The van der Waals surface area contributed by atoms with Gasteiger partial charge in [-0.3, -0.25) is 4.79 Å². The maximum Gasteiger partial charge on any atom is 0.254 e. The summed E-state index contributed by atoms with van der Waals surface area (Å²) >= 11 is 5.69. The summed E-state index contributed by atoms with van der Waals surface area (Å²) in [7, 11) is 0. The molecule has 0 fully saturated rings. The number of halogens is 2. The molecule has 0 saturated heterocycles. The number of quaternary nitrogens is 1. The lowest BCUT2D eigenvalue weighted by atomic mass is 10.1. The lowest BCUT2D eigenvalue weighted by Gasteiger charge is -2.15. The average molecular weight is 350 g/mol. The second-order valence-corrected chi connectivity index (χ2v) is 6.19. The molecule has 0 bridgehead atoms. The van der Waals surface area contributed by atoms with Crippen molar-refractivity contribution in [3.05, 3.63) is 70.0 Å². The summed E-state index contributed by atoms with van der Waals surface area (Å²) in [5.74, 6) is -1.06. The third-order valence-corrected chi connectivity index (χ3v) is 4.34. The minimum Gasteiger partial charge on any atom is -0.348 e. The summed E-state index contributed by atoms with van der Waals surface area (Å²) in [6, 6.07) is 12.2. The van der Waals surface area contributed by atoms with E-state index in [0.717, 1.165) is 31.3 Å². The van der Waals surface area contributed by atoms with Gasteiger partial charge in [-0.15, -0.1) is 0 Å². The van der Waals surface area contributed by atoms with Crippen LogP contribution in [-0.2, 0) is 13.1 Å². The Labute approximate surface area is 147 Å². The topological polar surface area (TPSA) is 33.5 Å². The fraction of sp³-hybridized carbons (Fsp3) is 0.316. The lowest BCUT2D eigenvalue weighted by molar-refractivity contribution is -0.910. The standard InChI is InChI=1S/C19H22ClFN2O/c1-3-23(4-2)13-15-7-5-14(6-8-15)12-22-19(24)17-10-9-16(20)11-18(17)21/h5-11H,3-4,12-13H2,1-2H3,(H,22,24)/p+1. The van der Waals surface area contributed by atoms with E-state index in [-0.39, 0.29) is 10.6 Å². The zero-order valence-corrected chi connectivity index (χ0v) is 14.8. The van der Waals surface area contributed by atoms with Crippen LogP contribution in [0.4, 0.5) is 4.39 Å². The van der Waals surface area contributed by atoms with Crippen LogP contribution in [0.2, 0.25) is 5.02 Å². The molecule has 0 heterocycles. The highest BCUT2D eigenvalue weighted by Crippen LogP contribution is 2.14. The van der Waals surface area contributed by atoms with Crippen LogP contribution in [0.25, 0.3) is 0 Å². The van der Waals surface area contributed by atoms with E-state index in [4.69, 9.17) is 11.6 Å². The number of hydrogen-bond donors (Lipinski definition) is 2. The predicted molar refractivity (Wildman–Crippen MR) is 94.8 cm³/mol. The molecule has 0 atom stereocenters. The van der Waals surface area contributed by atoms with Gasteiger partial charge in [0.1, 0.15) is 12.4 Å². The van der Waals surface area contributed by atoms with Crippen molar-refractivity contribution in [1.82, 2.24) is 5.32 Å². The van der Waals surface area contributed by atoms with Crippen LogP contribution in [-0.4, -0.2) is 19.0 Å². The molecule has 0 aromatic heterocycles. The van der Waals surface area contributed by atoms with Gasteiger partial charge in [-0.25, -0.2) is 4.39 Å². The number of amides is 1. The number of nitrogens with one attached hydrogen (secondary N) is 2. The second-order valence-electron chi connectivity index (χ2n) is 5.76. The lowest BCUT2D eigenvalue weighted by Crippen LogP contribution is -3.10. The van der Waals surface area contributed by atoms with Gasteiger partial charge < -0.3 is 10.2 Å². The fourth-order valence-corrected chi connectivity index (χ4v) is 2.67. The molecule has 3 nitrogen and oxygen atoms in total. The molecule has 0 aliphatic heterocycles. The molecule has 2 aromatic carbocycles. The zero-order valence-electron chi connectivity index (χ0n) is 14.0. The van der Waals surface area contributed by atoms with Crippen LogP contribution in [0.15, 0.2) is 42.5 Å². The largest absolute Gasteiger partial charge is 0.348 e. The van der Waals surface area contributed by atoms with Crippen molar-refractivity contribution in [2.24, 2.45) is 0 Å². The number of hydrogen-bond acceptors (Lipinski definition) is 1. The van der Waals surface area contributed by atoms with E-state index >= 15 is 0 Å². The smallest absolute Gasteiger partial charge is 0.254 e. The quantitative estimate of drug-likeness (QED) is 0.791. The second kappa shape index (κ2) is 8.81. The van der Waals surface area contributed by atoms with Crippen LogP contribution in [0.5, 0.6) is 0 Å². The van der Waals surface area contributed by atoms with Crippen LogP contribution >= 0.6 is 11.6 Å². The van der Waals surface area contributed by atoms with Gasteiger partial charge in [0.25, 0.3) is 5.91 Å². The van der Waals surface area contributed by atoms with Gasteiger partial charge in [0.05, 0.1) is 18.7 Å². The zero-order chi connectivity index (χ0) is 17.5. The molecule has 24 heavy (non-hydrogen) atoms. The van der Waals surface area contributed by atoms with Crippen molar-refractivity contribution in [3.63, 3.8) is 0 Å². The first-order valence-electron chi connectivity index (χ1n) is 8.18. The Morgan fingerprint density at radius 1 is 1.08 bits per heavy atom. The maximum atomic E-state index is 13.7. The monoisotopic (exact) mass is 349 g/mol. The van der Waals surface area contributed by atoms with E-state index in [1.54, 1.807) is 0 Å². The predicted octanol–water partition coefficient (Wildman–Crippen LogP) is 2.83. The Bertz CT molecular complexity index is 684. The van der Waals surface area contributed by atoms with Crippen LogP contribution in [0.3, 0.4) is 0 Å². The average Bonchev–Trinajstić information content (AvgIpc) is 2.58. The molecule has 2 rings (SSSR count). The van der Waals surface area contributed by atoms with E-state index in [0.29, 0.717) is 6.54 Å². The van der Waals surface area contributed by atoms with Gasteiger partial charge in [0.15, 0.2) is 0 Å². The van der Waals surface area contributed by atoms with E-state index in [9.17, 15) is 9.18 Å². The Morgan fingerprint density at radius 2 is 1.71 bits per heavy atom. The van der Waals surface area contributed by atoms with Crippen molar-refractivity contribution < 1.29 is 14.1 Å². The first-order valence-corrected chi connectivity index (χ1v) is 8.55. The molecule has 0 spiro atoms. The highest BCUT2D eigenvalue weighted by atomic mass is 35.5. The minimum atomic E-state index is -0.613. The van der Waals surface area contributed by atoms with Gasteiger partial charge in [-0.2, -0.15) is 0 Å². The van der Waals surface area contributed by atoms with Gasteiger partial charge in [-0.05, 0) is 37.6 Å². The fourth-order valence-electron chi connectivity index (χ4n) is 2.51. The first kappa shape index (κ1) is 18.4. The summed E-state index contributed by atoms with van der Waals surface area (Å²) in [4.78, 5) is 13.6. The van der Waals surface area contributed by atoms with E-state index in [1.807, 2.05) is 12.1 Å². The Kier molecular flexibility index (Phi) is 6.76. The Balaban J connectivity index is 1.93. The molecule has 2 aromatic rings. The van der Waals surface area contributed by atoms with Crippen molar-refractivity contribution in [2.75, 3.05) is 13.1 Å². The highest BCUT2D eigenvalue weighted by molar-refractivity contribution is 6.30. The molecule has 0 saturated carbocycles. The van der Waals surface area contributed by atoms with E-state index < -0.39 is 11.7 Å². The highest BCUT2D eigenvalue weighted by Gasteiger charge is 2.11. The summed E-state index contributed by atoms with van der Waals surface area (Å²) < 4.78 is 13.7. The van der Waals surface area contributed by atoms with E-state index in [1.165, 1.54) is 22.6 Å². The first-order chi connectivity index (χ1) is 11.5. The van der Waals surface area contributed by atoms with Crippen LogP contribution < -0.4 is 10.2 Å². The molecule has 0 radical (unpaired) electrons. The third kappa shape index (κ3) is 5.05. The van der Waals surface area contributed by atoms with Crippen molar-refractivity contribution >= 4 is 17.5 Å². The van der Waals surface area contributed by atoms with E-state index in [2.05, 4.69) is 31.3 Å². The molecule has 5 heteroatoms. The molecule has 128 valence electrons. The third-order valence-electron chi connectivity index (χ3n) is 4.11. The molecule has 0 aliphatic rings.